The molecule has 0 amide bonds. The van der Waals surface area contributed by atoms with Crippen LogP contribution in [0.25, 0.3) is 11.0 Å². The van der Waals surface area contributed by atoms with Gasteiger partial charge in [0.05, 0.1) is 6.54 Å². The first-order valence-electron chi connectivity index (χ1n) is 12.1. The first kappa shape index (κ1) is 24.4. The number of aromatic nitrogens is 4. The highest BCUT2D eigenvalue weighted by Gasteiger charge is 2.23. The second-order valence-electron chi connectivity index (χ2n) is 8.86. The number of fused-ring (bicyclic) bond motifs is 1. The first-order chi connectivity index (χ1) is 17.1. The Balaban J connectivity index is 1.46. The third kappa shape index (κ3) is 6.03. The highest BCUT2D eigenvalue weighted by molar-refractivity contribution is 5.80. The second kappa shape index (κ2) is 11.6. The molecule has 0 spiro atoms. The van der Waals surface area contributed by atoms with Crippen molar-refractivity contribution < 1.29 is 0 Å². The summed E-state index contributed by atoms with van der Waals surface area (Å²) in [5.74, 6) is 1.42. The standard InChI is InChI=1S/C29H34N6/c1-5-7-24(9-8-22(2)23(3)30-4)20-35-19-13-27-26(10-16-33-29(27)35)25-11-17-34(18-12-25)21-28-31-14-6-15-32-28/h5-10,13-16,19,25,30H,1-3,11-12,17-18,20-21H2,4H3/b9-8-,24-7+. The van der Waals surface area contributed by atoms with Crippen LogP contribution < -0.4 is 5.32 Å². The van der Waals surface area contributed by atoms with Crippen molar-refractivity contribution in [1.29, 1.82) is 0 Å². The van der Waals surface area contributed by atoms with Crippen LogP contribution in [0, 0.1) is 0 Å². The molecule has 4 rings (SSSR count). The van der Waals surface area contributed by atoms with E-state index in [0.717, 1.165) is 60.8 Å². The van der Waals surface area contributed by atoms with E-state index in [0.29, 0.717) is 12.5 Å². The summed E-state index contributed by atoms with van der Waals surface area (Å²) in [6, 6.07) is 6.26. The number of nitrogens with zero attached hydrogens (tertiary/aromatic N) is 5. The Morgan fingerprint density at radius 2 is 1.86 bits per heavy atom. The number of hydrogen-bond acceptors (Lipinski definition) is 5. The predicted molar refractivity (Wildman–Crippen MR) is 144 cm³/mol. The highest BCUT2D eigenvalue weighted by atomic mass is 15.1. The molecule has 1 fully saturated rings. The number of allylic oxidation sites excluding steroid dienone is 5. The van der Waals surface area contributed by atoms with E-state index in [2.05, 4.69) is 68.9 Å². The number of likely N-dealkylation sites (tertiary alicyclic amines) is 1. The molecule has 6 heteroatoms. The maximum absolute atomic E-state index is 4.73. The summed E-state index contributed by atoms with van der Waals surface area (Å²) in [5.41, 5.74) is 5.19. The first-order valence-corrected chi connectivity index (χ1v) is 12.1. The van der Waals surface area contributed by atoms with Gasteiger partial charge in [0.1, 0.15) is 11.5 Å². The van der Waals surface area contributed by atoms with E-state index >= 15 is 0 Å². The number of pyridine rings is 1. The summed E-state index contributed by atoms with van der Waals surface area (Å²) in [4.78, 5) is 15.9. The zero-order chi connectivity index (χ0) is 24.6. The van der Waals surface area contributed by atoms with Crippen molar-refractivity contribution >= 4 is 11.0 Å². The molecule has 1 N–H and O–H groups in total. The molecule has 1 aliphatic heterocycles. The number of piperidine rings is 1. The summed E-state index contributed by atoms with van der Waals surface area (Å²) in [7, 11) is 1.85. The van der Waals surface area contributed by atoms with Gasteiger partial charge in [0.25, 0.3) is 0 Å². The van der Waals surface area contributed by atoms with Crippen LogP contribution in [0.2, 0.25) is 0 Å². The molecular formula is C29H34N6. The molecule has 4 heterocycles. The molecular weight excluding hydrogens is 432 g/mol. The monoisotopic (exact) mass is 466 g/mol. The molecule has 180 valence electrons. The molecule has 3 aromatic rings. The number of rotatable bonds is 10. The summed E-state index contributed by atoms with van der Waals surface area (Å²) < 4.78 is 2.20. The van der Waals surface area contributed by atoms with E-state index in [4.69, 9.17) is 4.98 Å². The lowest BCUT2D eigenvalue weighted by atomic mass is 9.88. The lowest BCUT2D eigenvalue weighted by Gasteiger charge is -2.31. The van der Waals surface area contributed by atoms with Gasteiger partial charge in [-0.3, -0.25) is 4.90 Å². The summed E-state index contributed by atoms with van der Waals surface area (Å²) >= 11 is 0. The van der Waals surface area contributed by atoms with E-state index < -0.39 is 0 Å². The molecule has 0 atom stereocenters. The van der Waals surface area contributed by atoms with Crippen LogP contribution in [0.1, 0.15) is 30.1 Å². The molecule has 1 saturated heterocycles. The highest BCUT2D eigenvalue weighted by Crippen LogP contribution is 2.33. The average Bonchev–Trinajstić information content (AvgIpc) is 3.30. The lowest BCUT2D eigenvalue weighted by molar-refractivity contribution is 0.200. The van der Waals surface area contributed by atoms with E-state index in [1.165, 1.54) is 10.9 Å². The third-order valence-electron chi connectivity index (χ3n) is 6.58. The van der Waals surface area contributed by atoms with Gasteiger partial charge in [-0.2, -0.15) is 0 Å². The maximum atomic E-state index is 4.73. The van der Waals surface area contributed by atoms with Crippen molar-refractivity contribution in [2.75, 3.05) is 20.1 Å². The predicted octanol–water partition coefficient (Wildman–Crippen LogP) is 5.16. The van der Waals surface area contributed by atoms with Gasteiger partial charge in [-0.25, -0.2) is 15.0 Å². The van der Waals surface area contributed by atoms with Gasteiger partial charge in [-0.15, -0.1) is 0 Å². The molecule has 0 radical (unpaired) electrons. The van der Waals surface area contributed by atoms with Crippen LogP contribution in [0.3, 0.4) is 0 Å². The largest absolute Gasteiger partial charge is 0.388 e. The Labute approximate surface area is 208 Å². The Hall–Kier alpha value is -3.77. The average molecular weight is 467 g/mol. The Kier molecular flexibility index (Phi) is 8.06. The van der Waals surface area contributed by atoms with Crippen molar-refractivity contribution in [3.05, 3.63) is 115 Å². The number of likely N-dealkylation sites (N-methyl/N-ethyl adjacent to an activating group) is 1. The summed E-state index contributed by atoms with van der Waals surface area (Å²) in [6.45, 7) is 15.5. The molecule has 3 aromatic heterocycles. The quantitative estimate of drug-likeness (QED) is 0.418. The fourth-order valence-electron chi connectivity index (χ4n) is 4.59. The van der Waals surface area contributed by atoms with Crippen molar-refractivity contribution in [3.8, 4) is 0 Å². The lowest BCUT2D eigenvalue weighted by Crippen LogP contribution is -2.33. The molecule has 0 aromatic carbocycles. The fraction of sp³-hybridized carbons (Fsp3) is 0.276. The van der Waals surface area contributed by atoms with Crippen LogP contribution >= 0.6 is 0 Å². The van der Waals surface area contributed by atoms with Crippen LogP contribution in [-0.2, 0) is 13.1 Å². The van der Waals surface area contributed by atoms with Crippen LogP contribution in [0.15, 0.2) is 104 Å². The van der Waals surface area contributed by atoms with Gasteiger partial charge < -0.3 is 9.88 Å². The van der Waals surface area contributed by atoms with Crippen LogP contribution in [0.5, 0.6) is 0 Å². The van der Waals surface area contributed by atoms with Crippen molar-refractivity contribution in [1.82, 2.24) is 29.7 Å². The molecule has 0 aliphatic carbocycles. The molecule has 35 heavy (non-hydrogen) atoms. The minimum atomic E-state index is 0.531. The van der Waals surface area contributed by atoms with E-state index in [1.54, 1.807) is 0 Å². The Bertz CT molecular complexity index is 1240. The van der Waals surface area contributed by atoms with Crippen molar-refractivity contribution in [3.63, 3.8) is 0 Å². The SMILES string of the molecule is C=C/C=C(\C=C/C(=C)C(=C)NC)Cn1ccc2c(C3CCN(Cc4ncccn4)CC3)ccnc21. The molecule has 1 aliphatic rings. The van der Waals surface area contributed by atoms with Crippen LogP contribution in [0.4, 0.5) is 0 Å². The van der Waals surface area contributed by atoms with Crippen molar-refractivity contribution in [2.45, 2.75) is 31.8 Å². The van der Waals surface area contributed by atoms with E-state index in [-0.39, 0.29) is 0 Å². The van der Waals surface area contributed by atoms with Crippen LogP contribution in [-0.4, -0.2) is 44.6 Å². The zero-order valence-electron chi connectivity index (χ0n) is 20.5. The van der Waals surface area contributed by atoms with Gasteiger partial charge in [-0.05, 0) is 66.8 Å². The van der Waals surface area contributed by atoms with E-state index in [9.17, 15) is 0 Å². The number of hydrogen-bond donors (Lipinski definition) is 1. The third-order valence-corrected chi connectivity index (χ3v) is 6.58. The smallest absolute Gasteiger partial charge is 0.142 e. The summed E-state index contributed by atoms with van der Waals surface area (Å²) in [5, 5.41) is 4.28. The Morgan fingerprint density at radius 3 is 2.57 bits per heavy atom. The second-order valence-corrected chi connectivity index (χ2v) is 8.86. The normalized spacial score (nSPS) is 15.5. The molecule has 0 bridgehead atoms. The minimum absolute atomic E-state index is 0.531. The minimum Gasteiger partial charge on any atom is -0.388 e. The van der Waals surface area contributed by atoms with E-state index in [1.807, 2.05) is 49.9 Å². The van der Waals surface area contributed by atoms with Crippen molar-refractivity contribution in [2.24, 2.45) is 0 Å². The molecule has 0 saturated carbocycles. The van der Waals surface area contributed by atoms with Gasteiger partial charge in [0.15, 0.2) is 0 Å². The molecule has 0 unspecified atom stereocenters. The van der Waals surface area contributed by atoms with Gasteiger partial charge in [0.2, 0.25) is 0 Å². The van der Waals surface area contributed by atoms with Gasteiger partial charge >= 0.3 is 0 Å². The molecule has 6 nitrogen and oxygen atoms in total. The summed E-state index contributed by atoms with van der Waals surface area (Å²) in [6.07, 6.45) is 17.8. The maximum Gasteiger partial charge on any atom is 0.142 e. The topological polar surface area (TPSA) is 58.9 Å². The number of nitrogens with one attached hydrogen (secondary N) is 1. The zero-order valence-corrected chi connectivity index (χ0v) is 20.5. The van der Waals surface area contributed by atoms with Gasteiger partial charge in [0, 0.05) is 49.5 Å². The Morgan fingerprint density at radius 1 is 1.09 bits per heavy atom. The van der Waals surface area contributed by atoms with Gasteiger partial charge in [-0.1, -0.05) is 44.0 Å². The fourth-order valence-corrected chi connectivity index (χ4v) is 4.59.